The Hall–Kier alpha value is -2.09. The van der Waals surface area contributed by atoms with Gasteiger partial charge in [-0.05, 0) is 37.3 Å². The molecule has 0 atom stereocenters. The highest BCUT2D eigenvalue weighted by atomic mass is 14.9. The first-order valence-corrected chi connectivity index (χ1v) is 5.79. The first-order chi connectivity index (χ1) is 8.27. The maximum Gasteiger partial charge on any atom is 0.214 e. The van der Waals surface area contributed by atoms with Crippen molar-refractivity contribution in [3.8, 4) is 11.3 Å². The van der Waals surface area contributed by atoms with E-state index in [2.05, 4.69) is 71.7 Å². The fraction of sp³-hybridized carbons (Fsp3) is 0.133. The molecule has 17 heavy (non-hydrogen) atoms. The molecule has 0 spiro atoms. The molecule has 0 radical (unpaired) electrons. The van der Waals surface area contributed by atoms with E-state index in [4.69, 9.17) is 0 Å². The first-order valence-electron chi connectivity index (χ1n) is 5.79. The van der Waals surface area contributed by atoms with Gasteiger partial charge in [-0.2, -0.15) is 0 Å². The Bertz CT molecular complexity index is 680. The molecule has 3 rings (SSSR count). The Balaban J connectivity index is 2.31. The molecule has 0 aliphatic heterocycles. The van der Waals surface area contributed by atoms with Crippen LogP contribution in [0, 0.1) is 6.92 Å². The average molecular weight is 223 g/mol. The van der Waals surface area contributed by atoms with Crippen molar-refractivity contribution in [1.82, 2.24) is 4.40 Å². The summed E-state index contributed by atoms with van der Waals surface area (Å²) in [6.45, 7) is 2.16. The SMILES string of the molecule is Cc1c(-c2cccc[n+]2C)ccc2cccn12. The topological polar surface area (TPSA) is 8.29 Å². The summed E-state index contributed by atoms with van der Waals surface area (Å²) < 4.78 is 4.38. The van der Waals surface area contributed by atoms with Crippen LogP contribution in [0.1, 0.15) is 5.69 Å². The molecule has 0 aliphatic rings. The molecule has 84 valence electrons. The number of pyridine rings is 2. The summed E-state index contributed by atoms with van der Waals surface area (Å²) in [5, 5.41) is 0. The standard InChI is InChI=1S/C15H15N2/c1-12-14(15-7-3-4-10-16(15)2)9-8-13-6-5-11-17(12)13/h3-11H,1-2H3/q+1. The molecule has 0 aromatic carbocycles. The van der Waals surface area contributed by atoms with Gasteiger partial charge in [0.05, 0.1) is 5.56 Å². The minimum Gasteiger partial charge on any atom is -0.320 e. The zero-order valence-electron chi connectivity index (χ0n) is 10.1. The van der Waals surface area contributed by atoms with Gasteiger partial charge >= 0.3 is 0 Å². The van der Waals surface area contributed by atoms with Crippen molar-refractivity contribution in [3.63, 3.8) is 0 Å². The van der Waals surface area contributed by atoms with E-state index in [1.807, 2.05) is 6.07 Å². The van der Waals surface area contributed by atoms with Crippen molar-refractivity contribution < 1.29 is 4.57 Å². The van der Waals surface area contributed by atoms with Gasteiger partial charge < -0.3 is 4.40 Å². The molecule has 0 bridgehead atoms. The van der Waals surface area contributed by atoms with Gasteiger partial charge in [-0.15, -0.1) is 0 Å². The molecular weight excluding hydrogens is 208 g/mol. The number of aromatic nitrogens is 2. The number of hydrogen-bond acceptors (Lipinski definition) is 0. The first kappa shape index (κ1) is 10.1. The van der Waals surface area contributed by atoms with Crippen LogP contribution in [0.15, 0.2) is 54.9 Å². The van der Waals surface area contributed by atoms with Crippen LogP contribution in [0.5, 0.6) is 0 Å². The molecule has 0 amide bonds. The van der Waals surface area contributed by atoms with Crippen LogP contribution in [0.4, 0.5) is 0 Å². The Kier molecular flexibility index (Phi) is 2.22. The van der Waals surface area contributed by atoms with Gasteiger partial charge in [0.25, 0.3) is 0 Å². The Labute approximate surface area is 101 Å². The molecule has 2 heteroatoms. The van der Waals surface area contributed by atoms with Crippen molar-refractivity contribution in [2.75, 3.05) is 0 Å². The third-order valence-corrected chi connectivity index (χ3v) is 3.28. The largest absolute Gasteiger partial charge is 0.320 e. The van der Waals surface area contributed by atoms with Gasteiger partial charge in [-0.3, -0.25) is 0 Å². The van der Waals surface area contributed by atoms with Crippen molar-refractivity contribution in [3.05, 3.63) is 60.6 Å². The minimum atomic E-state index is 1.24. The summed E-state index contributed by atoms with van der Waals surface area (Å²) in [4.78, 5) is 0. The Morgan fingerprint density at radius 1 is 1.00 bits per heavy atom. The number of hydrogen-bond donors (Lipinski definition) is 0. The van der Waals surface area contributed by atoms with Gasteiger partial charge in [0.1, 0.15) is 7.05 Å². The van der Waals surface area contributed by atoms with Crippen LogP contribution in [-0.4, -0.2) is 4.40 Å². The lowest BCUT2D eigenvalue weighted by molar-refractivity contribution is -0.660. The number of fused-ring (bicyclic) bond motifs is 1. The molecule has 3 aromatic heterocycles. The summed E-state index contributed by atoms with van der Waals surface area (Å²) in [6.07, 6.45) is 4.19. The molecule has 0 N–H and O–H groups in total. The fourth-order valence-electron chi connectivity index (χ4n) is 2.33. The van der Waals surface area contributed by atoms with Gasteiger partial charge in [-0.25, -0.2) is 4.57 Å². The zero-order valence-corrected chi connectivity index (χ0v) is 10.1. The van der Waals surface area contributed by atoms with E-state index in [0.29, 0.717) is 0 Å². The van der Waals surface area contributed by atoms with Crippen molar-refractivity contribution in [2.24, 2.45) is 7.05 Å². The summed E-state index contributed by atoms with van der Waals surface area (Å²) >= 11 is 0. The highest BCUT2D eigenvalue weighted by Gasteiger charge is 2.12. The van der Waals surface area contributed by atoms with E-state index < -0.39 is 0 Å². The normalized spacial score (nSPS) is 10.9. The molecule has 3 heterocycles. The maximum absolute atomic E-state index is 2.22. The van der Waals surface area contributed by atoms with Crippen molar-refractivity contribution in [1.29, 1.82) is 0 Å². The second-order valence-corrected chi connectivity index (χ2v) is 4.33. The van der Waals surface area contributed by atoms with Crippen LogP contribution in [0.2, 0.25) is 0 Å². The van der Waals surface area contributed by atoms with Crippen molar-refractivity contribution in [2.45, 2.75) is 6.92 Å². The Morgan fingerprint density at radius 2 is 1.88 bits per heavy atom. The molecule has 0 saturated carbocycles. The van der Waals surface area contributed by atoms with Crippen LogP contribution in [0.25, 0.3) is 16.8 Å². The maximum atomic E-state index is 2.22. The summed E-state index contributed by atoms with van der Waals surface area (Å²) in [7, 11) is 2.08. The molecule has 0 saturated heterocycles. The van der Waals surface area contributed by atoms with Gasteiger partial charge in [0.15, 0.2) is 6.20 Å². The highest BCUT2D eigenvalue weighted by molar-refractivity contribution is 5.64. The fourth-order valence-corrected chi connectivity index (χ4v) is 2.33. The van der Waals surface area contributed by atoms with Crippen LogP contribution in [0.3, 0.4) is 0 Å². The number of nitrogens with zero attached hydrogens (tertiary/aromatic N) is 2. The number of rotatable bonds is 1. The predicted molar refractivity (Wildman–Crippen MR) is 68.7 cm³/mol. The molecule has 0 fully saturated rings. The lowest BCUT2D eigenvalue weighted by Gasteiger charge is -2.07. The number of aryl methyl sites for hydroxylation is 2. The molecule has 0 aliphatic carbocycles. The van der Waals surface area contributed by atoms with Crippen LogP contribution < -0.4 is 4.57 Å². The third kappa shape index (κ3) is 1.53. The van der Waals surface area contributed by atoms with Crippen LogP contribution in [-0.2, 0) is 7.05 Å². The van der Waals surface area contributed by atoms with Gasteiger partial charge in [-0.1, -0.05) is 0 Å². The molecule has 0 unspecified atom stereocenters. The predicted octanol–water partition coefficient (Wildman–Crippen LogP) is 2.74. The van der Waals surface area contributed by atoms with E-state index in [9.17, 15) is 0 Å². The van der Waals surface area contributed by atoms with E-state index in [1.165, 1.54) is 22.5 Å². The quantitative estimate of drug-likeness (QED) is 0.561. The second kappa shape index (κ2) is 3.74. The van der Waals surface area contributed by atoms with E-state index >= 15 is 0 Å². The van der Waals surface area contributed by atoms with Gasteiger partial charge in [0, 0.05) is 29.5 Å². The smallest absolute Gasteiger partial charge is 0.214 e. The monoisotopic (exact) mass is 223 g/mol. The van der Waals surface area contributed by atoms with E-state index in [0.717, 1.165) is 0 Å². The van der Waals surface area contributed by atoms with E-state index in [1.54, 1.807) is 0 Å². The molecular formula is C15H15N2+. The van der Waals surface area contributed by atoms with E-state index in [-0.39, 0.29) is 0 Å². The van der Waals surface area contributed by atoms with Gasteiger partial charge in [0.2, 0.25) is 5.69 Å². The summed E-state index contributed by atoms with van der Waals surface area (Å²) in [5.74, 6) is 0. The van der Waals surface area contributed by atoms with Crippen molar-refractivity contribution >= 4 is 5.52 Å². The third-order valence-electron chi connectivity index (χ3n) is 3.28. The summed E-state index contributed by atoms with van der Waals surface area (Å²) in [6, 6.07) is 14.8. The lowest BCUT2D eigenvalue weighted by atomic mass is 10.1. The highest BCUT2D eigenvalue weighted by Crippen LogP contribution is 2.21. The summed E-state index contributed by atoms with van der Waals surface area (Å²) in [5.41, 5.74) is 5.02. The second-order valence-electron chi connectivity index (χ2n) is 4.33. The zero-order chi connectivity index (χ0) is 11.8. The molecule has 2 nitrogen and oxygen atoms in total. The lowest BCUT2D eigenvalue weighted by Crippen LogP contribution is -2.30. The minimum absolute atomic E-state index is 1.24. The Morgan fingerprint density at radius 3 is 2.71 bits per heavy atom. The average Bonchev–Trinajstić information content (AvgIpc) is 2.80. The molecule has 3 aromatic rings. The van der Waals surface area contributed by atoms with Crippen LogP contribution >= 0.6 is 0 Å².